The van der Waals surface area contributed by atoms with Crippen LogP contribution in [0.1, 0.15) is 25.8 Å². The van der Waals surface area contributed by atoms with E-state index in [-0.39, 0.29) is 10.6 Å². The molecular formula is C12H17BrN2O2. The van der Waals surface area contributed by atoms with Crippen LogP contribution in [0, 0.1) is 16.0 Å². The third-order valence-electron chi connectivity index (χ3n) is 2.45. The molecule has 17 heavy (non-hydrogen) atoms. The van der Waals surface area contributed by atoms with Crippen LogP contribution < -0.4 is 5.32 Å². The molecule has 1 rings (SSSR count). The number of halogens is 1. The lowest BCUT2D eigenvalue weighted by atomic mass is 10.1. The van der Waals surface area contributed by atoms with Crippen LogP contribution in [0.4, 0.5) is 5.69 Å². The molecule has 0 atom stereocenters. The van der Waals surface area contributed by atoms with Gasteiger partial charge in [0.2, 0.25) is 0 Å². The Labute approximate surface area is 110 Å². The Hall–Kier alpha value is -0.940. The summed E-state index contributed by atoms with van der Waals surface area (Å²) in [5, 5.41) is 14.1. The SMILES string of the molecule is CC(C)CCNCc1cc(Br)ccc1[N+](=O)[O-]. The Bertz CT molecular complexity index is 394. The van der Waals surface area contributed by atoms with Gasteiger partial charge in [-0.2, -0.15) is 0 Å². The first kappa shape index (κ1) is 14.1. The van der Waals surface area contributed by atoms with Crippen molar-refractivity contribution in [3.63, 3.8) is 0 Å². The van der Waals surface area contributed by atoms with Gasteiger partial charge in [0.05, 0.1) is 4.92 Å². The molecule has 0 fully saturated rings. The summed E-state index contributed by atoms with van der Waals surface area (Å²) in [5.74, 6) is 0.639. The molecule has 0 unspecified atom stereocenters. The predicted molar refractivity (Wildman–Crippen MR) is 72.0 cm³/mol. The number of nitrogens with one attached hydrogen (secondary N) is 1. The van der Waals surface area contributed by atoms with Crippen molar-refractivity contribution in [2.45, 2.75) is 26.8 Å². The van der Waals surface area contributed by atoms with Crippen molar-refractivity contribution in [3.8, 4) is 0 Å². The van der Waals surface area contributed by atoms with E-state index in [4.69, 9.17) is 0 Å². The highest BCUT2D eigenvalue weighted by atomic mass is 79.9. The van der Waals surface area contributed by atoms with E-state index in [1.54, 1.807) is 12.1 Å². The fourth-order valence-electron chi connectivity index (χ4n) is 1.49. The minimum atomic E-state index is -0.341. The van der Waals surface area contributed by atoms with Gasteiger partial charge in [-0.05, 0) is 31.0 Å². The molecular weight excluding hydrogens is 284 g/mol. The van der Waals surface area contributed by atoms with Crippen molar-refractivity contribution >= 4 is 21.6 Å². The number of rotatable bonds is 6. The molecule has 0 aliphatic heterocycles. The predicted octanol–water partition coefficient (Wildman–Crippen LogP) is 3.49. The van der Waals surface area contributed by atoms with Crippen LogP contribution in [0.2, 0.25) is 0 Å². The fraction of sp³-hybridized carbons (Fsp3) is 0.500. The number of nitrogens with zero attached hydrogens (tertiary/aromatic N) is 1. The Balaban J connectivity index is 2.62. The van der Waals surface area contributed by atoms with Crippen molar-refractivity contribution in [2.24, 2.45) is 5.92 Å². The van der Waals surface area contributed by atoms with Gasteiger partial charge in [-0.3, -0.25) is 10.1 Å². The average molecular weight is 301 g/mol. The zero-order valence-corrected chi connectivity index (χ0v) is 11.7. The number of nitro groups is 1. The second kappa shape index (κ2) is 6.71. The van der Waals surface area contributed by atoms with Crippen molar-refractivity contribution in [3.05, 3.63) is 38.3 Å². The minimum absolute atomic E-state index is 0.172. The van der Waals surface area contributed by atoms with Gasteiger partial charge in [0.1, 0.15) is 0 Å². The van der Waals surface area contributed by atoms with Crippen molar-refractivity contribution < 1.29 is 4.92 Å². The molecule has 1 N–H and O–H groups in total. The van der Waals surface area contributed by atoms with E-state index in [0.717, 1.165) is 17.4 Å². The zero-order chi connectivity index (χ0) is 12.8. The Morgan fingerprint density at radius 1 is 1.47 bits per heavy atom. The van der Waals surface area contributed by atoms with Gasteiger partial charge in [-0.25, -0.2) is 0 Å². The van der Waals surface area contributed by atoms with Gasteiger partial charge in [0.15, 0.2) is 0 Å². The lowest BCUT2D eigenvalue weighted by molar-refractivity contribution is -0.385. The molecule has 0 aromatic heterocycles. The van der Waals surface area contributed by atoms with Crippen LogP contribution in [0.3, 0.4) is 0 Å². The normalized spacial score (nSPS) is 10.8. The van der Waals surface area contributed by atoms with Crippen LogP contribution in [-0.4, -0.2) is 11.5 Å². The summed E-state index contributed by atoms with van der Waals surface area (Å²) in [5.41, 5.74) is 0.887. The topological polar surface area (TPSA) is 55.2 Å². The zero-order valence-electron chi connectivity index (χ0n) is 10.1. The van der Waals surface area contributed by atoms with E-state index in [2.05, 4.69) is 35.1 Å². The van der Waals surface area contributed by atoms with Gasteiger partial charge in [0.25, 0.3) is 5.69 Å². The number of hydrogen-bond acceptors (Lipinski definition) is 3. The molecule has 0 saturated heterocycles. The van der Waals surface area contributed by atoms with Gasteiger partial charge in [-0.1, -0.05) is 29.8 Å². The monoisotopic (exact) mass is 300 g/mol. The molecule has 1 aromatic rings. The first-order chi connectivity index (χ1) is 8.00. The standard InChI is InChI=1S/C12H17BrN2O2/c1-9(2)5-6-14-8-10-7-11(13)3-4-12(10)15(16)17/h3-4,7,9,14H,5-6,8H2,1-2H3. The van der Waals surface area contributed by atoms with E-state index in [1.807, 2.05) is 0 Å². The Morgan fingerprint density at radius 3 is 2.76 bits per heavy atom. The summed E-state index contributed by atoms with van der Waals surface area (Å²) >= 11 is 3.33. The third-order valence-corrected chi connectivity index (χ3v) is 2.95. The largest absolute Gasteiger partial charge is 0.312 e. The first-order valence-corrected chi connectivity index (χ1v) is 6.43. The maximum atomic E-state index is 10.8. The van der Waals surface area contributed by atoms with Crippen molar-refractivity contribution in [2.75, 3.05) is 6.54 Å². The van der Waals surface area contributed by atoms with Gasteiger partial charge >= 0.3 is 0 Å². The van der Waals surface area contributed by atoms with Crippen LogP contribution in [0.15, 0.2) is 22.7 Å². The molecule has 1 aromatic carbocycles. The fourth-order valence-corrected chi connectivity index (χ4v) is 1.90. The van der Waals surface area contributed by atoms with Crippen molar-refractivity contribution in [1.82, 2.24) is 5.32 Å². The van der Waals surface area contributed by atoms with E-state index in [9.17, 15) is 10.1 Å². The molecule has 0 aliphatic rings. The quantitative estimate of drug-likeness (QED) is 0.497. The summed E-state index contributed by atoms with van der Waals surface area (Å²) in [4.78, 5) is 10.5. The summed E-state index contributed by atoms with van der Waals surface area (Å²) in [6.45, 7) is 5.72. The molecule has 0 bridgehead atoms. The molecule has 0 aliphatic carbocycles. The lowest BCUT2D eigenvalue weighted by Gasteiger charge is -2.07. The summed E-state index contributed by atoms with van der Waals surface area (Å²) in [7, 11) is 0. The molecule has 0 saturated carbocycles. The molecule has 0 heterocycles. The number of hydrogen-bond donors (Lipinski definition) is 1. The molecule has 0 spiro atoms. The highest BCUT2D eigenvalue weighted by molar-refractivity contribution is 9.10. The van der Waals surface area contributed by atoms with Crippen LogP contribution in [0.25, 0.3) is 0 Å². The summed E-state index contributed by atoms with van der Waals surface area (Å²) < 4.78 is 0.865. The molecule has 0 radical (unpaired) electrons. The number of benzene rings is 1. The third kappa shape index (κ3) is 4.83. The lowest BCUT2D eigenvalue weighted by Crippen LogP contribution is -2.17. The molecule has 0 amide bonds. The summed E-state index contributed by atoms with van der Waals surface area (Å²) in [6, 6.07) is 5.01. The maximum absolute atomic E-state index is 10.8. The second-order valence-electron chi connectivity index (χ2n) is 4.39. The Morgan fingerprint density at radius 2 is 2.18 bits per heavy atom. The van der Waals surface area contributed by atoms with E-state index in [1.165, 1.54) is 6.07 Å². The molecule has 4 nitrogen and oxygen atoms in total. The highest BCUT2D eigenvalue weighted by Gasteiger charge is 2.12. The summed E-state index contributed by atoms with van der Waals surface area (Å²) in [6.07, 6.45) is 1.07. The van der Waals surface area contributed by atoms with Crippen LogP contribution in [0.5, 0.6) is 0 Å². The molecule has 5 heteroatoms. The maximum Gasteiger partial charge on any atom is 0.273 e. The van der Waals surface area contributed by atoms with E-state index < -0.39 is 0 Å². The first-order valence-electron chi connectivity index (χ1n) is 5.64. The van der Waals surface area contributed by atoms with E-state index in [0.29, 0.717) is 18.0 Å². The molecule has 94 valence electrons. The van der Waals surface area contributed by atoms with Crippen LogP contribution >= 0.6 is 15.9 Å². The Kier molecular flexibility index (Phi) is 5.58. The van der Waals surface area contributed by atoms with Gasteiger partial charge < -0.3 is 5.32 Å². The van der Waals surface area contributed by atoms with Crippen LogP contribution in [-0.2, 0) is 6.54 Å². The second-order valence-corrected chi connectivity index (χ2v) is 5.31. The minimum Gasteiger partial charge on any atom is -0.312 e. The highest BCUT2D eigenvalue weighted by Crippen LogP contribution is 2.22. The van der Waals surface area contributed by atoms with Gasteiger partial charge in [-0.15, -0.1) is 0 Å². The van der Waals surface area contributed by atoms with Crippen molar-refractivity contribution in [1.29, 1.82) is 0 Å². The van der Waals surface area contributed by atoms with Gasteiger partial charge in [0, 0.05) is 22.6 Å². The van der Waals surface area contributed by atoms with E-state index >= 15 is 0 Å². The average Bonchev–Trinajstić information content (AvgIpc) is 2.23. The smallest absolute Gasteiger partial charge is 0.273 e. The number of nitro benzene ring substituents is 1.